The number of nitrogens with one attached hydrogen (secondary N) is 4. The highest BCUT2D eigenvalue weighted by molar-refractivity contribution is 5.96. The Morgan fingerprint density at radius 3 is 2.17 bits per heavy atom. The molecule has 0 aromatic rings. The van der Waals surface area contributed by atoms with Gasteiger partial charge in [0.05, 0.1) is 12.6 Å². The Morgan fingerprint density at radius 1 is 0.827 bits per heavy atom. The van der Waals surface area contributed by atoms with Gasteiger partial charge >= 0.3 is 0 Å². The summed E-state index contributed by atoms with van der Waals surface area (Å²) in [6.07, 6.45) is 9.63. The van der Waals surface area contributed by atoms with Gasteiger partial charge in [-0.1, -0.05) is 59.3 Å². The zero-order valence-corrected chi connectivity index (χ0v) is 32.6. The van der Waals surface area contributed by atoms with Crippen LogP contribution in [0.15, 0.2) is 0 Å². The fourth-order valence-electron chi connectivity index (χ4n) is 7.03. The lowest BCUT2D eigenvalue weighted by Gasteiger charge is -2.38. The number of methoxy groups -OCH3 is 1. The van der Waals surface area contributed by atoms with Crippen LogP contribution < -0.4 is 32.7 Å². The van der Waals surface area contributed by atoms with Crippen molar-refractivity contribution in [2.45, 2.75) is 128 Å². The molecule has 2 fully saturated rings. The van der Waals surface area contributed by atoms with E-state index < -0.39 is 53.8 Å². The summed E-state index contributed by atoms with van der Waals surface area (Å²) in [6, 6.07) is -4.64. The van der Waals surface area contributed by atoms with Crippen LogP contribution in [0.5, 0.6) is 0 Å². The van der Waals surface area contributed by atoms with E-state index in [2.05, 4.69) is 33.1 Å². The van der Waals surface area contributed by atoms with Crippen molar-refractivity contribution in [1.82, 2.24) is 31.1 Å². The van der Waals surface area contributed by atoms with Crippen molar-refractivity contribution in [2.24, 2.45) is 23.3 Å². The van der Waals surface area contributed by atoms with Crippen LogP contribution in [0.3, 0.4) is 0 Å². The summed E-state index contributed by atoms with van der Waals surface area (Å²) in [5.41, 5.74) is 11.6. The Hall–Kier alpha value is -2.85. The van der Waals surface area contributed by atoms with E-state index in [1.807, 2.05) is 13.8 Å². The van der Waals surface area contributed by atoms with Crippen LogP contribution in [-0.4, -0.2) is 136 Å². The van der Waals surface area contributed by atoms with E-state index >= 15 is 0 Å². The quantitative estimate of drug-likeness (QED) is 0.115. The highest BCUT2D eigenvalue weighted by Gasteiger charge is 2.39. The Bertz CT molecular complexity index is 1090. The number of amides is 5. The second-order valence-corrected chi connectivity index (χ2v) is 14.7. The minimum Gasteiger partial charge on any atom is -0.385 e. The van der Waals surface area contributed by atoms with E-state index in [-0.39, 0.29) is 37.4 Å². The lowest BCUT2D eigenvalue weighted by molar-refractivity contribution is -0.145. The first-order chi connectivity index (χ1) is 25.0. The molecule has 8 N–H and O–H groups in total. The number of ether oxygens (including phenoxy) is 2. The predicted octanol–water partition coefficient (Wildman–Crippen LogP) is 0.636. The van der Waals surface area contributed by atoms with Crippen LogP contribution >= 0.6 is 0 Å². The first-order valence-corrected chi connectivity index (χ1v) is 19.6. The van der Waals surface area contributed by atoms with E-state index in [0.29, 0.717) is 52.1 Å². The third-order valence-corrected chi connectivity index (χ3v) is 10.1. The van der Waals surface area contributed by atoms with Gasteiger partial charge in [0.15, 0.2) is 0 Å². The molecule has 2 rings (SSSR count). The normalized spacial score (nSPS) is 25.7. The largest absolute Gasteiger partial charge is 0.385 e. The van der Waals surface area contributed by atoms with Crippen LogP contribution in [0.2, 0.25) is 0 Å². The maximum Gasteiger partial charge on any atom is 0.245 e. The minimum absolute atomic E-state index is 0.0705. The number of rotatable bonds is 17. The monoisotopic (exact) mass is 739 g/mol. The van der Waals surface area contributed by atoms with E-state index in [1.54, 1.807) is 14.2 Å². The molecule has 2 aliphatic rings. The number of likely N-dealkylation sites (N-methyl/N-ethyl adjacent to an activating group) is 1. The van der Waals surface area contributed by atoms with E-state index in [4.69, 9.17) is 20.9 Å². The summed E-state index contributed by atoms with van der Waals surface area (Å²) in [5, 5.41) is 11.4. The van der Waals surface area contributed by atoms with Crippen molar-refractivity contribution in [3.63, 3.8) is 0 Å². The number of nitrogens with zero attached hydrogens (tertiary/aromatic N) is 2. The second-order valence-electron chi connectivity index (χ2n) is 14.7. The number of carbonyl (C=O) groups is 5. The molecule has 15 heteroatoms. The third-order valence-electron chi connectivity index (χ3n) is 10.1. The zero-order valence-electron chi connectivity index (χ0n) is 32.6. The first-order valence-electron chi connectivity index (χ1n) is 19.6. The molecule has 0 bridgehead atoms. The molecule has 0 radical (unpaired) electrons. The summed E-state index contributed by atoms with van der Waals surface area (Å²) in [6.45, 7) is 7.98. The van der Waals surface area contributed by atoms with Crippen molar-refractivity contribution in [2.75, 3.05) is 66.7 Å². The molecular formula is C37H70N8O7. The lowest BCUT2D eigenvalue weighted by atomic mass is 9.83. The molecule has 5 atom stereocenters. The number of hydrogen-bond acceptors (Lipinski definition) is 10. The maximum absolute atomic E-state index is 14.5. The number of nitrogens with two attached hydrogens (primary N) is 2. The molecule has 1 unspecified atom stereocenters. The summed E-state index contributed by atoms with van der Waals surface area (Å²) in [4.78, 5) is 73.6. The SMILES string of the molecule is CCCCCCN1CCNC(=O)[C@H](COCCCN)NC(=O)[C@H](CN)NC(=O)C(C2CCCCC2)NC(=O)[C@H](CC(C)C)N(C)C(=O)[C@@H]1CCOC. The Balaban J connectivity index is 2.60. The van der Waals surface area contributed by atoms with Crippen LogP contribution in [0, 0.1) is 11.8 Å². The highest BCUT2D eigenvalue weighted by atomic mass is 16.5. The summed E-state index contributed by atoms with van der Waals surface area (Å²) in [5.74, 6) is -2.34. The van der Waals surface area contributed by atoms with Crippen molar-refractivity contribution < 1.29 is 33.4 Å². The van der Waals surface area contributed by atoms with Gasteiger partial charge in [0.2, 0.25) is 29.5 Å². The highest BCUT2D eigenvalue weighted by Crippen LogP contribution is 2.27. The first kappa shape index (κ1) is 45.3. The van der Waals surface area contributed by atoms with Crippen molar-refractivity contribution >= 4 is 29.5 Å². The van der Waals surface area contributed by atoms with Crippen molar-refractivity contribution in [3.05, 3.63) is 0 Å². The molecule has 1 aliphatic carbocycles. The molecule has 1 heterocycles. The van der Waals surface area contributed by atoms with E-state index in [0.717, 1.165) is 57.8 Å². The topological polar surface area (TPSA) is 210 Å². The summed E-state index contributed by atoms with van der Waals surface area (Å²) >= 11 is 0. The number of hydrogen-bond donors (Lipinski definition) is 6. The van der Waals surface area contributed by atoms with Gasteiger partial charge in [0.1, 0.15) is 24.2 Å². The molecule has 1 saturated carbocycles. The number of unbranched alkanes of at least 4 members (excludes halogenated alkanes) is 3. The van der Waals surface area contributed by atoms with Gasteiger partial charge in [0.25, 0.3) is 0 Å². The summed E-state index contributed by atoms with van der Waals surface area (Å²) in [7, 11) is 3.25. The predicted molar refractivity (Wildman–Crippen MR) is 201 cm³/mol. The molecule has 5 amide bonds. The molecule has 0 spiro atoms. The fraction of sp³-hybridized carbons (Fsp3) is 0.865. The minimum atomic E-state index is -1.16. The molecule has 300 valence electrons. The van der Waals surface area contributed by atoms with Gasteiger partial charge in [-0.15, -0.1) is 0 Å². The van der Waals surface area contributed by atoms with Crippen molar-refractivity contribution in [1.29, 1.82) is 0 Å². The molecule has 1 aliphatic heterocycles. The number of carbonyl (C=O) groups excluding carboxylic acids is 5. The molecule has 0 aromatic carbocycles. The fourth-order valence-corrected chi connectivity index (χ4v) is 7.03. The Morgan fingerprint density at radius 2 is 1.54 bits per heavy atom. The molecule has 15 nitrogen and oxygen atoms in total. The van der Waals surface area contributed by atoms with Crippen LogP contribution in [-0.2, 0) is 33.4 Å². The maximum atomic E-state index is 14.5. The van der Waals surface area contributed by atoms with Gasteiger partial charge in [-0.3, -0.25) is 28.9 Å². The third kappa shape index (κ3) is 15.2. The lowest BCUT2D eigenvalue weighted by Crippen LogP contribution is -2.63. The zero-order chi connectivity index (χ0) is 38.5. The van der Waals surface area contributed by atoms with E-state index in [1.165, 1.54) is 4.90 Å². The van der Waals surface area contributed by atoms with Gasteiger partial charge in [0, 0.05) is 47.0 Å². The van der Waals surface area contributed by atoms with Crippen LogP contribution in [0.1, 0.15) is 97.8 Å². The van der Waals surface area contributed by atoms with Crippen LogP contribution in [0.25, 0.3) is 0 Å². The second kappa shape index (κ2) is 25.2. The Kier molecular flexibility index (Phi) is 22.0. The molecular weight excluding hydrogens is 668 g/mol. The van der Waals surface area contributed by atoms with Crippen LogP contribution in [0.4, 0.5) is 0 Å². The van der Waals surface area contributed by atoms with Gasteiger partial charge in [-0.05, 0) is 63.5 Å². The molecule has 1 saturated heterocycles. The average molecular weight is 739 g/mol. The summed E-state index contributed by atoms with van der Waals surface area (Å²) < 4.78 is 11.1. The molecule has 0 aromatic heterocycles. The van der Waals surface area contributed by atoms with Gasteiger partial charge in [-0.25, -0.2) is 0 Å². The Labute approximate surface area is 311 Å². The van der Waals surface area contributed by atoms with Crippen molar-refractivity contribution in [3.8, 4) is 0 Å². The van der Waals surface area contributed by atoms with E-state index in [9.17, 15) is 24.0 Å². The smallest absolute Gasteiger partial charge is 0.245 e. The standard InChI is InChI=1S/C37H70N8O7/c1-6-7-8-12-19-45-20-18-40-33(46)29(25-52-21-13-17-38)42-34(47)28(24-39)41-36(49)32(27-14-10-9-11-15-27)43-35(48)31(23-26(2)3)44(4)37(50)30(45)16-22-51-5/h26-32H,6-25,38-39H2,1-5H3,(H,40,46)(H,41,49)(H,42,47)(H,43,48)/t28-,29-,30-,31-,32?/m0/s1. The van der Waals surface area contributed by atoms with Gasteiger partial charge < -0.3 is 47.1 Å². The average Bonchev–Trinajstić information content (AvgIpc) is 3.13. The molecule has 52 heavy (non-hydrogen) atoms. The van der Waals surface area contributed by atoms with Gasteiger partial charge in [-0.2, -0.15) is 0 Å².